The Balaban J connectivity index is 2.03. The van der Waals surface area contributed by atoms with Crippen LogP contribution in [0.5, 0.6) is 17.2 Å². The summed E-state index contributed by atoms with van der Waals surface area (Å²) in [6.07, 6.45) is 0.559. The quantitative estimate of drug-likeness (QED) is 0.712. The third-order valence-electron chi connectivity index (χ3n) is 4.33. The zero-order valence-electron chi connectivity index (χ0n) is 16.5. The van der Waals surface area contributed by atoms with Gasteiger partial charge in [0.15, 0.2) is 18.1 Å². The van der Waals surface area contributed by atoms with Gasteiger partial charge in [-0.1, -0.05) is 13.0 Å². The molecule has 1 N–H and O–H groups in total. The number of methoxy groups -OCH3 is 2. The van der Waals surface area contributed by atoms with Crippen molar-refractivity contribution in [1.29, 1.82) is 0 Å². The average Bonchev–Trinajstić information content (AvgIpc) is 2.71. The van der Waals surface area contributed by atoms with Gasteiger partial charge in [-0.2, -0.15) is 0 Å². The van der Waals surface area contributed by atoms with Gasteiger partial charge in [-0.05, 0) is 48.4 Å². The van der Waals surface area contributed by atoms with Crippen LogP contribution in [-0.4, -0.2) is 44.9 Å². The first-order chi connectivity index (χ1) is 13.3. The number of carbonyl (C=O) groups is 2. The van der Waals surface area contributed by atoms with Crippen molar-refractivity contribution in [3.63, 3.8) is 0 Å². The summed E-state index contributed by atoms with van der Waals surface area (Å²) < 4.78 is 15.7. The number of nitrogens with zero attached hydrogens (tertiary/aromatic N) is 1. The second-order valence-corrected chi connectivity index (χ2v) is 6.37. The maximum atomic E-state index is 12.8. The molecular formula is C21H25NO6. The Hall–Kier alpha value is -3.22. The molecule has 0 aromatic heterocycles. The molecule has 0 radical (unpaired) electrons. The van der Waals surface area contributed by atoms with E-state index in [9.17, 15) is 9.59 Å². The number of aliphatic carboxylic acids is 1. The van der Waals surface area contributed by atoms with E-state index in [0.717, 1.165) is 5.56 Å². The molecule has 0 aliphatic rings. The van der Waals surface area contributed by atoms with E-state index < -0.39 is 12.6 Å². The fourth-order valence-corrected chi connectivity index (χ4v) is 2.82. The van der Waals surface area contributed by atoms with Crippen LogP contribution in [0.4, 0.5) is 5.69 Å². The lowest BCUT2D eigenvalue weighted by atomic mass is 9.99. The SMILES string of the molecule is COc1ccc(CC(C)C(=O)N(C)c2ccc(OCC(=O)O)cc2)cc1OC. The normalized spacial score (nSPS) is 11.4. The Kier molecular flexibility index (Phi) is 7.26. The van der Waals surface area contributed by atoms with Crippen molar-refractivity contribution >= 4 is 17.6 Å². The molecule has 2 rings (SSSR count). The average molecular weight is 387 g/mol. The number of hydrogen-bond acceptors (Lipinski definition) is 5. The highest BCUT2D eigenvalue weighted by Crippen LogP contribution is 2.29. The van der Waals surface area contributed by atoms with Crippen LogP contribution in [0.15, 0.2) is 42.5 Å². The summed E-state index contributed by atoms with van der Waals surface area (Å²) >= 11 is 0. The number of amides is 1. The van der Waals surface area contributed by atoms with Crippen molar-refractivity contribution in [3.8, 4) is 17.2 Å². The van der Waals surface area contributed by atoms with E-state index in [-0.39, 0.29) is 11.8 Å². The van der Waals surface area contributed by atoms with Crippen molar-refractivity contribution in [1.82, 2.24) is 0 Å². The van der Waals surface area contributed by atoms with Gasteiger partial charge in [0.05, 0.1) is 14.2 Å². The predicted octanol–water partition coefficient (Wildman–Crippen LogP) is 3.01. The fraction of sp³-hybridized carbons (Fsp3) is 0.333. The van der Waals surface area contributed by atoms with Gasteiger partial charge in [-0.3, -0.25) is 4.79 Å². The number of anilines is 1. The molecule has 7 nitrogen and oxygen atoms in total. The van der Waals surface area contributed by atoms with Crippen LogP contribution in [0, 0.1) is 5.92 Å². The lowest BCUT2D eigenvalue weighted by Crippen LogP contribution is -2.32. The number of rotatable bonds is 9. The summed E-state index contributed by atoms with van der Waals surface area (Å²) in [5.41, 5.74) is 1.68. The molecule has 150 valence electrons. The second-order valence-electron chi connectivity index (χ2n) is 6.37. The van der Waals surface area contributed by atoms with Gasteiger partial charge >= 0.3 is 5.97 Å². The molecule has 0 saturated heterocycles. The van der Waals surface area contributed by atoms with Gasteiger partial charge in [0.2, 0.25) is 5.91 Å². The van der Waals surface area contributed by atoms with E-state index in [4.69, 9.17) is 19.3 Å². The summed E-state index contributed by atoms with van der Waals surface area (Å²) in [4.78, 5) is 24.9. The summed E-state index contributed by atoms with van der Waals surface area (Å²) in [5.74, 6) is 0.392. The molecule has 7 heteroatoms. The summed E-state index contributed by atoms with van der Waals surface area (Å²) in [6, 6.07) is 12.3. The van der Waals surface area contributed by atoms with E-state index in [0.29, 0.717) is 29.4 Å². The minimum Gasteiger partial charge on any atom is -0.493 e. The lowest BCUT2D eigenvalue weighted by Gasteiger charge is -2.22. The first-order valence-electron chi connectivity index (χ1n) is 8.78. The van der Waals surface area contributed by atoms with Gasteiger partial charge in [0, 0.05) is 18.7 Å². The molecule has 0 bridgehead atoms. The van der Waals surface area contributed by atoms with Gasteiger partial charge in [-0.25, -0.2) is 4.79 Å². The maximum absolute atomic E-state index is 12.8. The summed E-state index contributed by atoms with van der Waals surface area (Å²) in [7, 11) is 4.87. The van der Waals surface area contributed by atoms with E-state index in [2.05, 4.69) is 0 Å². The standard InChI is InChI=1S/C21H25NO6/c1-14(11-15-5-10-18(26-3)19(12-15)27-4)21(25)22(2)16-6-8-17(9-7-16)28-13-20(23)24/h5-10,12,14H,11,13H2,1-4H3,(H,23,24). The van der Waals surface area contributed by atoms with Gasteiger partial charge in [0.25, 0.3) is 0 Å². The highest BCUT2D eigenvalue weighted by atomic mass is 16.5. The number of carboxylic acid groups (broad SMARTS) is 1. The third kappa shape index (κ3) is 5.39. The van der Waals surface area contributed by atoms with Gasteiger partial charge < -0.3 is 24.2 Å². The molecular weight excluding hydrogens is 362 g/mol. The van der Waals surface area contributed by atoms with Crippen LogP contribution < -0.4 is 19.1 Å². The maximum Gasteiger partial charge on any atom is 0.341 e. The highest BCUT2D eigenvalue weighted by Gasteiger charge is 2.20. The third-order valence-corrected chi connectivity index (χ3v) is 4.33. The van der Waals surface area contributed by atoms with Crippen molar-refractivity contribution in [2.75, 3.05) is 32.8 Å². The molecule has 0 aliphatic heterocycles. The smallest absolute Gasteiger partial charge is 0.341 e. The largest absolute Gasteiger partial charge is 0.493 e. The Bertz CT molecular complexity index is 818. The molecule has 2 aromatic carbocycles. The molecule has 0 spiro atoms. The van der Waals surface area contributed by atoms with Crippen molar-refractivity contribution in [3.05, 3.63) is 48.0 Å². The zero-order chi connectivity index (χ0) is 20.7. The molecule has 0 fully saturated rings. The van der Waals surface area contributed by atoms with Crippen LogP contribution in [0.3, 0.4) is 0 Å². The monoisotopic (exact) mass is 387 g/mol. The number of carbonyl (C=O) groups excluding carboxylic acids is 1. The Morgan fingerprint density at radius 2 is 1.68 bits per heavy atom. The van der Waals surface area contributed by atoms with Gasteiger partial charge in [0.1, 0.15) is 5.75 Å². The molecule has 1 unspecified atom stereocenters. The summed E-state index contributed by atoms with van der Waals surface area (Å²) in [6.45, 7) is 1.47. The number of hydrogen-bond donors (Lipinski definition) is 1. The van der Waals surface area contributed by atoms with E-state index in [1.807, 2.05) is 25.1 Å². The molecule has 1 atom stereocenters. The predicted molar refractivity (Wildman–Crippen MR) is 105 cm³/mol. The highest BCUT2D eigenvalue weighted by molar-refractivity contribution is 5.94. The number of ether oxygens (including phenoxy) is 3. The minimum absolute atomic E-state index is 0.0333. The molecule has 28 heavy (non-hydrogen) atoms. The summed E-state index contributed by atoms with van der Waals surface area (Å²) in [5, 5.41) is 8.64. The van der Waals surface area contributed by atoms with E-state index in [1.54, 1.807) is 50.4 Å². The molecule has 0 heterocycles. The van der Waals surface area contributed by atoms with Crippen LogP contribution in [0.1, 0.15) is 12.5 Å². The number of benzene rings is 2. The van der Waals surface area contributed by atoms with Gasteiger partial charge in [-0.15, -0.1) is 0 Å². The van der Waals surface area contributed by atoms with Crippen LogP contribution in [0.2, 0.25) is 0 Å². The topological polar surface area (TPSA) is 85.3 Å². The second kappa shape index (κ2) is 9.64. The van der Waals surface area contributed by atoms with Crippen molar-refractivity contribution in [2.24, 2.45) is 5.92 Å². The lowest BCUT2D eigenvalue weighted by molar-refractivity contribution is -0.139. The van der Waals surface area contributed by atoms with Crippen molar-refractivity contribution < 1.29 is 28.9 Å². The van der Waals surface area contributed by atoms with Crippen LogP contribution in [-0.2, 0) is 16.0 Å². The Morgan fingerprint density at radius 3 is 2.25 bits per heavy atom. The van der Waals surface area contributed by atoms with Crippen LogP contribution >= 0.6 is 0 Å². The Morgan fingerprint density at radius 1 is 1.04 bits per heavy atom. The first kappa shape index (κ1) is 21.1. The van der Waals surface area contributed by atoms with E-state index >= 15 is 0 Å². The first-order valence-corrected chi connectivity index (χ1v) is 8.78. The van der Waals surface area contributed by atoms with Crippen LogP contribution in [0.25, 0.3) is 0 Å². The zero-order valence-corrected chi connectivity index (χ0v) is 16.5. The van der Waals surface area contributed by atoms with E-state index in [1.165, 1.54) is 0 Å². The van der Waals surface area contributed by atoms with Crippen molar-refractivity contribution in [2.45, 2.75) is 13.3 Å². The molecule has 1 amide bonds. The minimum atomic E-state index is -1.04. The molecule has 2 aromatic rings. The molecule has 0 saturated carbocycles. The molecule has 0 aliphatic carbocycles. The Labute approximate surface area is 164 Å². The fourth-order valence-electron chi connectivity index (χ4n) is 2.82. The number of carboxylic acids is 1.